The molecule has 0 radical (unpaired) electrons. The molecule has 0 unspecified atom stereocenters. The first-order chi connectivity index (χ1) is 9.90. The number of nitrogens with zero attached hydrogens (tertiary/aromatic N) is 3. The highest BCUT2D eigenvalue weighted by atomic mass is 16.5. The van der Waals surface area contributed by atoms with Crippen LogP contribution in [0.3, 0.4) is 0 Å². The summed E-state index contributed by atoms with van der Waals surface area (Å²) in [5.41, 5.74) is 3.17. The molecule has 3 rings (SSSR count). The van der Waals surface area contributed by atoms with Crippen LogP contribution in [0.15, 0.2) is 61.1 Å². The lowest BCUT2D eigenvalue weighted by Gasteiger charge is -2.11. The quantitative estimate of drug-likeness (QED) is 0.727. The molecule has 4 heteroatoms. The number of imidazole rings is 1. The van der Waals surface area contributed by atoms with Gasteiger partial charge in [0.1, 0.15) is 12.6 Å². The van der Waals surface area contributed by atoms with E-state index in [-0.39, 0.29) is 0 Å². The van der Waals surface area contributed by atoms with Crippen LogP contribution in [-0.4, -0.2) is 21.6 Å². The summed E-state index contributed by atoms with van der Waals surface area (Å²) in [5, 5.41) is 0. The van der Waals surface area contributed by atoms with Crippen LogP contribution < -0.4 is 0 Å². The van der Waals surface area contributed by atoms with Gasteiger partial charge in [-0.05, 0) is 12.1 Å². The van der Waals surface area contributed by atoms with Crippen LogP contribution in [0.2, 0.25) is 0 Å². The van der Waals surface area contributed by atoms with Gasteiger partial charge in [0.15, 0.2) is 0 Å². The van der Waals surface area contributed by atoms with Crippen molar-refractivity contribution in [2.24, 2.45) is 0 Å². The van der Waals surface area contributed by atoms with Crippen molar-refractivity contribution in [3.8, 4) is 22.6 Å². The van der Waals surface area contributed by atoms with Gasteiger partial charge in [-0.2, -0.15) is 0 Å². The summed E-state index contributed by atoms with van der Waals surface area (Å²) in [7, 11) is 1.69. The minimum atomic E-state index is 0.460. The largest absolute Gasteiger partial charge is 0.364 e. The maximum atomic E-state index is 5.32. The molecular formula is C16H15N3O. The van der Waals surface area contributed by atoms with E-state index in [0.29, 0.717) is 6.73 Å². The van der Waals surface area contributed by atoms with Gasteiger partial charge in [0.05, 0.1) is 11.9 Å². The molecule has 4 nitrogen and oxygen atoms in total. The fourth-order valence-corrected chi connectivity index (χ4v) is 2.21. The van der Waals surface area contributed by atoms with E-state index in [1.807, 2.05) is 48.7 Å². The summed E-state index contributed by atoms with van der Waals surface area (Å²) >= 11 is 0. The van der Waals surface area contributed by atoms with Gasteiger partial charge in [-0.3, -0.25) is 9.55 Å². The Morgan fingerprint density at radius 2 is 1.75 bits per heavy atom. The minimum Gasteiger partial charge on any atom is -0.364 e. The third-order valence-electron chi connectivity index (χ3n) is 3.12. The Labute approximate surface area is 117 Å². The summed E-state index contributed by atoms with van der Waals surface area (Å²) in [6.45, 7) is 0.460. The first-order valence-electron chi connectivity index (χ1n) is 6.40. The van der Waals surface area contributed by atoms with Crippen LogP contribution in [-0.2, 0) is 11.5 Å². The Bertz CT molecular complexity index is 620. The third kappa shape index (κ3) is 2.33. The molecule has 0 aliphatic carbocycles. The number of ether oxygens (including phenoxy) is 1. The Kier molecular flexibility index (Phi) is 3.56. The van der Waals surface area contributed by atoms with Gasteiger partial charge < -0.3 is 4.74 Å². The van der Waals surface area contributed by atoms with Gasteiger partial charge in [-0.15, -0.1) is 0 Å². The number of hydrogen-bond donors (Lipinski definition) is 0. The predicted octanol–water partition coefficient (Wildman–Crippen LogP) is 3.22. The molecule has 100 valence electrons. The molecule has 2 aromatic heterocycles. The van der Waals surface area contributed by atoms with Crippen LogP contribution in [0.1, 0.15) is 0 Å². The number of benzene rings is 1. The predicted molar refractivity (Wildman–Crippen MR) is 77.9 cm³/mol. The highest BCUT2D eigenvalue weighted by Gasteiger charge is 2.12. The van der Waals surface area contributed by atoms with Crippen molar-refractivity contribution in [2.75, 3.05) is 7.11 Å². The topological polar surface area (TPSA) is 39.9 Å². The van der Waals surface area contributed by atoms with E-state index in [1.165, 1.54) is 0 Å². The van der Waals surface area contributed by atoms with Gasteiger partial charge in [0.25, 0.3) is 0 Å². The van der Waals surface area contributed by atoms with Crippen molar-refractivity contribution in [2.45, 2.75) is 6.73 Å². The highest BCUT2D eigenvalue weighted by Crippen LogP contribution is 2.26. The second kappa shape index (κ2) is 5.67. The highest BCUT2D eigenvalue weighted by molar-refractivity contribution is 5.65. The van der Waals surface area contributed by atoms with E-state index in [9.17, 15) is 0 Å². The number of pyridine rings is 1. The summed E-state index contributed by atoms with van der Waals surface area (Å²) < 4.78 is 7.38. The van der Waals surface area contributed by atoms with Gasteiger partial charge in [0.2, 0.25) is 0 Å². The monoisotopic (exact) mass is 265 g/mol. The molecule has 2 heterocycles. The molecule has 0 saturated heterocycles. The van der Waals surface area contributed by atoms with Crippen molar-refractivity contribution < 1.29 is 4.74 Å². The fraction of sp³-hybridized carbons (Fsp3) is 0.125. The van der Waals surface area contributed by atoms with Crippen molar-refractivity contribution in [3.05, 3.63) is 61.1 Å². The van der Waals surface area contributed by atoms with E-state index in [1.54, 1.807) is 19.5 Å². The molecule has 20 heavy (non-hydrogen) atoms. The lowest BCUT2D eigenvalue weighted by molar-refractivity contribution is 0.133. The molecule has 0 atom stereocenters. The fourth-order valence-electron chi connectivity index (χ4n) is 2.21. The van der Waals surface area contributed by atoms with Gasteiger partial charge >= 0.3 is 0 Å². The minimum absolute atomic E-state index is 0.460. The van der Waals surface area contributed by atoms with Crippen LogP contribution in [0, 0.1) is 0 Å². The number of methoxy groups -OCH3 is 1. The molecule has 0 fully saturated rings. The van der Waals surface area contributed by atoms with Crippen LogP contribution in [0.25, 0.3) is 22.6 Å². The molecule has 0 aliphatic heterocycles. The normalized spacial score (nSPS) is 10.7. The van der Waals surface area contributed by atoms with E-state index in [0.717, 1.165) is 22.6 Å². The van der Waals surface area contributed by atoms with Crippen molar-refractivity contribution in [1.82, 2.24) is 14.5 Å². The average molecular weight is 265 g/mol. The second-order valence-electron chi connectivity index (χ2n) is 4.41. The SMILES string of the molecule is COCn1c(-c2ccncc2)cnc1-c1ccccc1. The maximum Gasteiger partial charge on any atom is 0.142 e. The zero-order valence-electron chi connectivity index (χ0n) is 11.2. The summed E-state index contributed by atoms with van der Waals surface area (Å²) in [6, 6.07) is 14.0. The standard InChI is InChI=1S/C16H15N3O/c1-20-12-19-15(13-7-9-17-10-8-13)11-18-16(19)14-5-3-2-4-6-14/h2-11H,12H2,1H3. The molecule has 1 aromatic carbocycles. The molecular weight excluding hydrogens is 250 g/mol. The van der Waals surface area contributed by atoms with Crippen LogP contribution in [0.5, 0.6) is 0 Å². The van der Waals surface area contributed by atoms with Crippen molar-refractivity contribution in [1.29, 1.82) is 0 Å². The first kappa shape index (κ1) is 12.6. The Hall–Kier alpha value is -2.46. The number of hydrogen-bond acceptors (Lipinski definition) is 3. The van der Waals surface area contributed by atoms with Gasteiger partial charge in [-0.25, -0.2) is 4.98 Å². The number of aromatic nitrogens is 3. The van der Waals surface area contributed by atoms with Crippen molar-refractivity contribution >= 4 is 0 Å². The lowest BCUT2D eigenvalue weighted by atomic mass is 10.2. The summed E-state index contributed by atoms with van der Waals surface area (Å²) in [4.78, 5) is 8.59. The van der Waals surface area contributed by atoms with E-state index >= 15 is 0 Å². The molecule has 0 spiro atoms. The molecule has 0 bridgehead atoms. The van der Waals surface area contributed by atoms with Gasteiger partial charge in [0, 0.05) is 30.6 Å². The zero-order valence-corrected chi connectivity index (χ0v) is 11.2. The molecule has 3 aromatic rings. The third-order valence-corrected chi connectivity index (χ3v) is 3.12. The van der Waals surface area contributed by atoms with Gasteiger partial charge in [-0.1, -0.05) is 30.3 Å². The molecule has 0 saturated carbocycles. The van der Waals surface area contributed by atoms with Crippen LogP contribution >= 0.6 is 0 Å². The number of rotatable bonds is 4. The molecule has 0 aliphatic rings. The second-order valence-corrected chi connectivity index (χ2v) is 4.41. The average Bonchev–Trinajstić information content (AvgIpc) is 2.93. The lowest BCUT2D eigenvalue weighted by Crippen LogP contribution is -2.04. The smallest absolute Gasteiger partial charge is 0.142 e. The Morgan fingerprint density at radius 3 is 2.45 bits per heavy atom. The first-order valence-corrected chi connectivity index (χ1v) is 6.40. The summed E-state index contributed by atoms with van der Waals surface area (Å²) in [6.07, 6.45) is 5.43. The zero-order chi connectivity index (χ0) is 13.8. The molecule has 0 amide bonds. The van der Waals surface area contributed by atoms with E-state index in [4.69, 9.17) is 4.74 Å². The summed E-state index contributed by atoms with van der Waals surface area (Å²) in [5.74, 6) is 0.902. The maximum absolute atomic E-state index is 5.32. The molecule has 0 N–H and O–H groups in total. The van der Waals surface area contributed by atoms with Crippen molar-refractivity contribution in [3.63, 3.8) is 0 Å². The van der Waals surface area contributed by atoms with Crippen LogP contribution in [0.4, 0.5) is 0 Å². The van der Waals surface area contributed by atoms with E-state index < -0.39 is 0 Å². The Morgan fingerprint density at radius 1 is 1.00 bits per heavy atom. The van der Waals surface area contributed by atoms with E-state index in [2.05, 4.69) is 14.5 Å². The Balaban J connectivity index is 2.12.